The van der Waals surface area contributed by atoms with Crippen molar-refractivity contribution in [1.29, 1.82) is 0 Å². The van der Waals surface area contributed by atoms with E-state index in [0.29, 0.717) is 18.6 Å². The summed E-state index contributed by atoms with van der Waals surface area (Å²) in [6, 6.07) is 2.85. The quantitative estimate of drug-likeness (QED) is 0.730. The summed E-state index contributed by atoms with van der Waals surface area (Å²) in [6.45, 7) is 3.74. The largest absolute Gasteiger partial charge is 0.496 e. The highest BCUT2D eigenvalue weighted by Gasteiger charge is 2.37. The number of methoxy groups -OCH3 is 1. The summed E-state index contributed by atoms with van der Waals surface area (Å²) >= 11 is 0. The van der Waals surface area contributed by atoms with Crippen molar-refractivity contribution < 1.29 is 13.9 Å². The van der Waals surface area contributed by atoms with Crippen molar-refractivity contribution in [2.75, 3.05) is 7.11 Å². The second-order valence-corrected chi connectivity index (χ2v) is 4.69. The van der Waals surface area contributed by atoms with Crippen LogP contribution in [0.5, 0.6) is 5.75 Å². The highest BCUT2D eigenvalue weighted by molar-refractivity contribution is 5.92. The van der Waals surface area contributed by atoms with Crippen LogP contribution in [-0.4, -0.2) is 12.9 Å². The number of Topliss-reactive ketones (excluding diaryl/α,β-unsaturated/α-hetero) is 1. The van der Waals surface area contributed by atoms with E-state index in [2.05, 4.69) is 0 Å². The number of halogens is 1. The maximum absolute atomic E-state index is 13.3. The lowest BCUT2D eigenvalue weighted by Crippen LogP contribution is -2.34. The molecule has 86 valence electrons. The highest BCUT2D eigenvalue weighted by atomic mass is 19.1. The van der Waals surface area contributed by atoms with Gasteiger partial charge < -0.3 is 4.74 Å². The van der Waals surface area contributed by atoms with E-state index in [4.69, 9.17) is 4.74 Å². The number of benzene rings is 1. The average Bonchev–Trinajstić information content (AvgIpc) is 2.22. The zero-order valence-electron chi connectivity index (χ0n) is 9.76. The van der Waals surface area contributed by atoms with E-state index in [1.54, 1.807) is 0 Å². The SMILES string of the molecule is COc1cc(F)cc2c1C(C)(C)C(=O)CC2. The van der Waals surface area contributed by atoms with Crippen LogP contribution in [0.15, 0.2) is 12.1 Å². The van der Waals surface area contributed by atoms with Crippen molar-refractivity contribution in [1.82, 2.24) is 0 Å². The van der Waals surface area contributed by atoms with Gasteiger partial charge >= 0.3 is 0 Å². The van der Waals surface area contributed by atoms with Crippen molar-refractivity contribution in [3.8, 4) is 5.75 Å². The molecule has 0 radical (unpaired) electrons. The predicted molar refractivity (Wildman–Crippen MR) is 59.3 cm³/mol. The van der Waals surface area contributed by atoms with Crippen LogP contribution in [-0.2, 0) is 16.6 Å². The number of carbonyl (C=O) groups excluding carboxylic acids is 1. The van der Waals surface area contributed by atoms with E-state index in [0.717, 1.165) is 11.1 Å². The number of hydrogen-bond donors (Lipinski definition) is 0. The van der Waals surface area contributed by atoms with Gasteiger partial charge in [0.15, 0.2) is 0 Å². The number of fused-ring (bicyclic) bond motifs is 1. The number of carbonyl (C=O) groups is 1. The predicted octanol–water partition coefficient (Wildman–Crippen LogP) is 2.63. The molecule has 0 aromatic heterocycles. The number of ketones is 1. The van der Waals surface area contributed by atoms with Crippen molar-refractivity contribution in [3.63, 3.8) is 0 Å². The smallest absolute Gasteiger partial charge is 0.143 e. The minimum atomic E-state index is -0.577. The second-order valence-electron chi connectivity index (χ2n) is 4.69. The fourth-order valence-electron chi connectivity index (χ4n) is 2.40. The molecular formula is C13H15FO2. The number of aryl methyl sites for hydroxylation is 1. The fourth-order valence-corrected chi connectivity index (χ4v) is 2.40. The van der Waals surface area contributed by atoms with Crippen LogP contribution in [0, 0.1) is 5.82 Å². The molecule has 0 saturated heterocycles. The topological polar surface area (TPSA) is 26.3 Å². The molecule has 0 bridgehead atoms. The summed E-state index contributed by atoms with van der Waals surface area (Å²) in [6.07, 6.45) is 1.08. The van der Waals surface area contributed by atoms with Crippen LogP contribution in [0.4, 0.5) is 4.39 Å². The molecule has 1 aromatic rings. The van der Waals surface area contributed by atoms with Gasteiger partial charge in [-0.05, 0) is 31.9 Å². The monoisotopic (exact) mass is 222 g/mol. The molecule has 1 aromatic carbocycles. The Kier molecular flexibility index (Phi) is 2.49. The summed E-state index contributed by atoms with van der Waals surface area (Å²) in [5.74, 6) is 0.360. The first-order valence-corrected chi connectivity index (χ1v) is 5.37. The molecule has 0 spiro atoms. The van der Waals surface area contributed by atoms with Crippen LogP contribution in [0.3, 0.4) is 0 Å². The van der Waals surface area contributed by atoms with Crippen LogP contribution >= 0.6 is 0 Å². The molecule has 2 rings (SSSR count). The zero-order chi connectivity index (χ0) is 11.9. The minimum Gasteiger partial charge on any atom is -0.496 e. The van der Waals surface area contributed by atoms with E-state index >= 15 is 0 Å². The molecule has 0 fully saturated rings. The Balaban J connectivity index is 2.69. The molecule has 1 aliphatic carbocycles. The molecule has 3 heteroatoms. The van der Waals surface area contributed by atoms with Crippen molar-refractivity contribution >= 4 is 5.78 Å². The number of rotatable bonds is 1. The summed E-state index contributed by atoms with van der Waals surface area (Å²) < 4.78 is 18.5. The normalized spacial score (nSPS) is 18.1. The van der Waals surface area contributed by atoms with E-state index < -0.39 is 5.41 Å². The van der Waals surface area contributed by atoms with Gasteiger partial charge in [0.25, 0.3) is 0 Å². The lowest BCUT2D eigenvalue weighted by atomic mass is 9.71. The molecule has 2 nitrogen and oxygen atoms in total. The molecule has 0 atom stereocenters. The molecule has 0 unspecified atom stereocenters. The Labute approximate surface area is 94.4 Å². The standard InChI is InChI=1S/C13H15FO2/c1-13(2)11(15)5-4-8-6-9(14)7-10(16-3)12(8)13/h6-7H,4-5H2,1-3H3. The highest BCUT2D eigenvalue weighted by Crippen LogP contribution is 2.40. The molecule has 1 aliphatic rings. The summed E-state index contributed by atoms with van der Waals surface area (Å²) in [4.78, 5) is 11.9. The maximum Gasteiger partial charge on any atom is 0.143 e. The summed E-state index contributed by atoms with van der Waals surface area (Å²) in [7, 11) is 1.50. The molecule has 16 heavy (non-hydrogen) atoms. The number of hydrogen-bond acceptors (Lipinski definition) is 2. The molecule has 0 saturated carbocycles. The second kappa shape index (κ2) is 3.58. The van der Waals surface area contributed by atoms with E-state index in [1.807, 2.05) is 13.8 Å². The fraction of sp³-hybridized carbons (Fsp3) is 0.462. The lowest BCUT2D eigenvalue weighted by molar-refractivity contribution is -0.124. The third kappa shape index (κ3) is 1.51. The lowest BCUT2D eigenvalue weighted by Gasteiger charge is -2.32. The Morgan fingerprint density at radius 3 is 2.62 bits per heavy atom. The third-order valence-corrected chi connectivity index (χ3v) is 3.31. The van der Waals surface area contributed by atoms with Crippen molar-refractivity contribution in [3.05, 3.63) is 29.1 Å². The Hall–Kier alpha value is -1.38. The van der Waals surface area contributed by atoms with E-state index in [1.165, 1.54) is 19.2 Å². The number of ether oxygens (including phenoxy) is 1. The van der Waals surface area contributed by atoms with Crippen molar-refractivity contribution in [2.45, 2.75) is 32.1 Å². The Morgan fingerprint density at radius 1 is 1.31 bits per heavy atom. The van der Waals surface area contributed by atoms with E-state index in [-0.39, 0.29) is 11.6 Å². The average molecular weight is 222 g/mol. The Bertz CT molecular complexity index is 432. The van der Waals surface area contributed by atoms with E-state index in [9.17, 15) is 9.18 Å². The Morgan fingerprint density at radius 2 is 2.00 bits per heavy atom. The van der Waals surface area contributed by atoms with Gasteiger partial charge in [0.2, 0.25) is 0 Å². The summed E-state index contributed by atoms with van der Waals surface area (Å²) in [5, 5.41) is 0. The minimum absolute atomic E-state index is 0.185. The molecule has 0 heterocycles. The molecule has 0 aliphatic heterocycles. The molecule has 0 N–H and O–H groups in total. The first-order chi connectivity index (χ1) is 7.46. The van der Waals surface area contributed by atoms with Crippen molar-refractivity contribution in [2.24, 2.45) is 0 Å². The van der Waals surface area contributed by atoms with Gasteiger partial charge in [-0.15, -0.1) is 0 Å². The van der Waals surface area contributed by atoms with Gasteiger partial charge in [0, 0.05) is 18.1 Å². The van der Waals surface area contributed by atoms with Gasteiger partial charge in [-0.1, -0.05) is 0 Å². The van der Waals surface area contributed by atoms with Crippen LogP contribution in [0.2, 0.25) is 0 Å². The maximum atomic E-state index is 13.3. The molecule has 0 amide bonds. The third-order valence-electron chi connectivity index (χ3n) is 3.31. The van der Waals surface area contributed by atoms with Gasteiger partial charge in [-0.25, -0.2) is 4.39 Å². The zero-order valence-corrected chi connectivity index (χ0v) is 9.76. The van der Waals surface area contributed by atoms with Gasteiger partial charge in [-0.3, -0.25) is 4.79 Å². The van der Waals surface area contributed by atoms with Gasteiger partial charge in [0.1, 0.15) is 17.3 Å². The molecular weight excluding hydrogens is 207 g/mol. The van der Waals surface area contributed by atoms with Gasteiger partial charge in [-0.2, -0.15) is 0 Å². The van der Waals surface area contributed by atoms with Crippen LogP contribution in [0.25, 0.3) is 0 Å². The summed E-state index contributed by atoms with van der Waals surface area (Å²) in [5.41, 5.74) is 1.15. The van der Waals surface area contributed by atoms with Crippen LogP contribution in [0.1, 0.15) is 31.4 Å². The van der Waals surface area contributed by atoms with Crippen LogP contribution < -0.4 is 4.74 Å². The first kappa shape index (κ1) is 11.1. The van der Waals surface area contributed by atoms with Gasteiger partial charge in [0.05, 0.1) is 12.5 Å². The first-order valence-electron chi connectivity index (χ1n) is 5.37.